The predicted molar refractivity (Wildman–Crippen MR) is 87.3 cm³/mol. The lowest BCUT2D eigenvalue weighted by atomic mass is 9.95. The number of piperazine rings is 1. The molecule has 0 aromatic rings. The minimum Gasteiger partial charge on any atom is -0.343 e. The predicted octanol–water partition coefficient (Wildman–Crippen LogP) is 1.83. The molecule has 0 radical (unpaired) electrons. The molecule has 2 rings (SSSR count). The molecule has 21 heavy (non-hydrogen) atoms. The topological polar surface area (TPSA) is 26.8 Å². The average molecular weight is 293 g/mol. The van der Waals surface area contributed by atoms with Crippen LogP contribution in [0.2, 0.25) is 0 Å². The van der Waals surface area contributed by atoms with Crippen LogP contribution in [-0.4, -0.2) is 73.0 Å². The highest BCUT2D eigenvalue weighted by Gasteiger charge is 2.27. The Bertz CT molecular complexity index is 350. The summed E-state index contributed by atoms with van der Waals surface area (Å²) in [6.45, 7) is 12.7. The Balaban J connectivity index is 1.71. The van der Waals surface area contributed by atoms with Crippen molar-refractivity contribution in [1.82, 2.24) is 14.7 Å². The monoisotopic (exact) mass is 293 g/mol. The van der Waals surface area contributed by atoms with Gasteiger partial charge in [0.2, 0.25) is 5.91 Å². The fourth-order valence-electron chi connectivity index (χ4n) is 3.53. The summed E-state index contributed by atoms with van der Waals surface area (Å²) in [5, 5.41) is 0. The van der Waals surface area contributed by atoms with Gasteiger partial charge >= 0.3 is 0 Å². The maximum Gasteiger partial charge on any atom is 0.222 e. The maximum atomic E-state index is 12.0. The van der Waals surface area contributed by atoms with Gasteiger partial charge in [-0.25, -0.2) is 0 Å². The van der Waals surface area contributed by atoms with Crippen LogP contribution in [0.15, 0.2) is 12.7 Å². The second-order valence-corrected chi connectivity index (χ2v) is 6.76. The highest BCUT2D eigenvalue weighted by Crippen LogP contribution is 2.21. The van der Waals surface area contributed by atoms with E-state index in [1.807, 2.05) is 11.0 Å². The number of amides is 1. The van der Waals surface area contributed by atoms with E-state index in [-0.39, 0.29) is 0 Å². The summed E-state index contributed by atoms with van der Waals surface area (Å²) in [4.78, 5) is 19.1. The van der Waals surface area contributed by atoms with E-state index in [0.717, 1.165) is 25.4 Å². The Hall–Kier alpha value is -0.870. The summed E-state index contributed by atoms with van der Waals surface area (Å²) in [7, 11) is 2.21. The smallest absolute Gasteiger partial charge is 0.222 e. The molecule has 120 valence electrons. The number of rotatable bonds is 5. The van der Waals surface area contributed by atoms with Gasteiger partial charge in [0.25, 0.3) is 0 Å². The van der Waals surface area contributed by atoms with Gasteiger partial charge in [0.05, 0.1) is 0 Å². The molecule has 4 nitrogen and oxygen atoms in total. The minimum atomic E-state index is 0.307. The van der Waals surface area contributed by atoms with Crippen molar-refractivity contribution in [3.05, 3.63) is 12.7 Å². The van der Waals surface area contributed by atoms with Crippen LogP contribution in [0.5, 0.6) is 0 Å². The number of piperidine rings is 1. The molecule has 2 aliphatic heterocycles. The largest absolute Gasteiger partial charge is 0.343 e. The number of nitrogens with zero attached hydrogens (tertiary/aromatic N) is 3. The van der Waals surface area contributed by atoms with E-state index >= 15 is 0 Å². The molecule has 0 aromatic heterocycles. The summed E-state index contributed by atoms with van der Waals surface area (Å²) in [5.74, 6) is 1.07. The van der Waals surface area contributed by atoms with Crippen molar-refractivity contribution in [3.63, 3.8) is 0 Å². The molecule has 0 N–H and O–H groups in total. The van der Waals surface area contributed by atoms with Gasteiger partial charge in [0.15, 0.2) is 0 Å². The van der Waals surface area contributed by atoms with Gasteiger partial charge in [-0.2, -0.15) is 0 Å². The van der Waals surface area contributed by atoms with Crippen LogP contribution in [0.4, 0.5) is 0 Å². The number of carbonyl (C=O) groups excluding carboxylic acids is 1. The Morgan fingerprint density at radius 3 is 2.57 bits per heavy atom. The molecule has 0 aliphatic carbocycles. The fraction of sp³-hybridized carbons (Fsp3) is 0.824. The Morgan fingerprint density at radius 1 is 1.24 bits per heavy atom. The van der Waals surface area contributed by atoms with Crippen molar-refractivity contribution in [2.45, 2.75) is 38.6 Å². The van der Waals surface area contributed by atoms with Crippen LogP contribution in [0.25, 0.3) is 0 Å². The lowest BCUT2D eigenvalue weighted by Gasteiger charge is -2.41. The first kappa shape index (κ1) is 16.5. The molecule has 2 aliphatic rings. The van der Waals surface area contributed by atoms with Gasteiger partial charge < -0.3 is 9.80 Å². The van der Waals surface area contributed by atoms with Gasteiger partial charge in [-0.1, -0.05) is 6.08 Å². The maximum absolute atomic E-state index is 12.0. The highest BCUT2D eigenvalue weighted by molar-refractivity contribution is 5.76. The highest BCUT2D eigenvalue weighted by atomic mass is 16.2. The molecule has 4 heteroatoms. The van der Waals surface area contributed by atoms with Crippen LogP contribution < -0.4 is 0 Å². The third kappa shape index (κ3) is 4.82. The summed E-state index contributed by atoms with van der Waals surface area (Å²) < 4.78 is 0. The molecular formula is C17H31N3O. The van der Waals surface area contributed by atoms with Crippen molar-refractivity contribution < 1.29 is 4.79 Å². The lowest BCUT2D eigenvalue weighted by molar-refractivity contribution is -0.132. The quantitative estimate of drug-likeness (QED) is 0.724. The molecular weight excluding hydrogens is 262 g/mol. The van der Waals surface area contributed by atoms with E-state index < -0.39 is 0 Å². The normalized spacial score (nSPS) is 26.0. The van der Waals surface area contributed by atoms with Crippen molar-refractivity contribution in [2.24, 2.45) is 5.92 Å². The van der Waals surface area contributed by atoms with E-state index in [1.54, 1.807) is 0 Å². The van der Waals surface area contributed by atoms with Gasteiger partial charge in [-0.15, -0.1) is 6.58 Å². The summed E-state index contributed by atoms with van der Waals surface area (Å²) >= 11 is 0. The second-order valence-electron chi connectivity index (χ2n) is 6.76. The summed E-state index contributed by atoms with van der Waals surface area (Å²) in [5.41, 5.74) is 0. The first-order valence-electron chi connectivity index (χ1n) is 8.41. The van der Waals surface area contributed by atoms with Gasteiger partial charge in [-0.05, 0) is 39.2 Å². The van der Waals surface area contributed by atoms with Gasteiger partial charge in [0.1, 0.15) is 0 Å². The SMILES string of the molecule is C=CCCC(=O)N1CCC(CN2CCN(C)C[C@@H]2C)CC1. The molecule has 0 bridgehead atoms. The second kappa shape index (κ2) is 7.95. The van der Waals surface area contributed by atoms with Gasteiger partial charge in [-0.3, -0.25) is 9.69 Å². The van der Waals surface area contributed by atoms with Crippen LogP contribution in [-0.2, 0) is 4.79 Å². The Morgan fingerprint density at radius 2 is 1.95 bits per heavy atom. The summed E-state index contributed by atoms with van der Waals surface area (Å²) in [6, 6.07) is 0.663. The zero-order valence-electron chi connectivity index (χ0n) is 13.8. The van der Waals surface area contributed by atoms with E-state index in [1.165, 1.54) is 39.0 Å². The first-order chi connectivity index (χ1) is 10.1. The van der Waals surface area contributed by atoms with Crippen LogP contribution in [0.3, 0.4) is 0 Å². The molecule has 0 aromatic carbocycles. The Kier molecular flexibility index (Phi) is 6.24. The fourth-order valence-corrected chi connectivity index (χ4v) is 3.53. The summed E-state index contributed by atoms with van der Waals surface area (Å²) in [6.07, 6.45) is 5.60. The minimum absolute atomic E-state index is 0.307. The molecule has 1 amide bonds. The number of likely N-dealkylation sites (tertiary alicyclic amines) is 1. The first-order valence-corrected chi connectivity index (χ1v) is 8.41. The molecule has 1 atom stereocenters. The van der Waals surface area contributed by atoms with Crippen LogP contribution >= 0.6 is 0 Å². The molecule has 2 heterocycles. The third-order valence-corrected chi connectivity index (χ3v) is 4.99. The zero-order valence-corrected chi connectivity index (χ0v) is 13.8. The molecule has 2 saturated heterocycles. The van der Waals surface area contributed by atoms with E-state index in [4.69, 9.17) is 0 Å². The molecule has 0 saturated carbocycles. The van der Waals surface area contributed by atoms with Crippen molar-refractivity contribution in [2.75, 3.05) is 46.3 Å². The number of hydrogen-bond donors (Lipinski definition) is 0. The Labute approximate surface area is 129 Å². The molecule has 0 spiro atoms. The number of hydrogen-bond acceptors (Lipinski definition) is 3. The van der Waals surface area contributed by atoms with E-state index in [2.05, 4.69) is 30.4 Å². The lowest BCUT2D eigenvalue weighted by Crippen LogP contribution is -2.52. The van der Waals surface area contributed by atoms with E-state index in [9.17, 15) is 4.79 Å². The van der Waals surface area contributed by atoms with Crippen molar-refractivity contribution in [1.29, 1.82) is 0 Å². The number of carbonyl (C=O) groups is 1. The molecule has 2 fully saturated rings. The molecule has 0 unspecified atom stereocenters. The zero-order chi connectivity index (χ0) is 15.2. The van der Waals surface area contributed by atoms with Crippen molar-refractivity contribution in [3.8, 4) is 0 Å². The van der Waals surface area contributed by atoms with Crippen LogP contribution in [0, 0.1) is 5.92 Å². The average Bonchev–Trinajstić information content (AvgIpc) is 2.48. The number of allylic oxidation sites excluding steroid dienone is 1. The van der Waals surface area contributed by atoms with Crippen LogP contribution in [0.1, 0.15) is 32.6 Å². The van der Waals surface area contributed by atoms with Gasteiger partial charge in [0, 0.05) is 51.7 Å². The van der Waals surface area contributed by atoms with E-state index in [0.29, 0.717) is 18.4 Å². The van der Waals surface area contributed by atoms with Crippen molar-refractivity contribution >= 4 is 5.91 Å². The number of likely N-dealkylation sites (N-methyl/N-ethyl adjacent to an activating group) is 1. The standard InChI is InChI=1S/C17H31N3O/c1-4-5-6-17(21)19-9-7-16(8-10-19)14-20-12-11-18(3)13-15(20)2/h4,15-16H,1,5-14H2,2-3H3/t15-/m0/s1. The third-order valence-electron chi connectivity index (χ3n) is 4.99.